The maximum Gasteiger partial charge on any atom is 0.417 e. The fraction of sp³-hybridized carbons (Fsp3) is 0.333. The number of imide groups is 2. The zero-order chi connectivity index (χ0) is 41.3. The van der Waals surface area contributed by atoms with Gasteiger partial charge < -0.3 is 10.2 Å². The van der Waals surface area contributed by atoms with Gasteiger partial charge in [0, 0.05) is 35.7 Å². The number of pyridine rings is 1. The lowest BCUT2D eigenvalue weighted by Gasteiger charge is -2.51. The van der Waals surface area contributed by atoms with E-state index in [0.29, 0.717) is 69.0 Å². The number of aliphatic carboxylic acids is 1. The summed E-state index contributed by atoms with van der Waals surface area (Å²) in [6.45, 7) is 0.0913. The third kappa shape index (κ3) is 6.28. The van der Waals surface area contributed by atoms with Crippen molar-refractivity contribution in [1.82, 2.24) is 14.9 Å². The number of rotatable bonds is 10. The molecule has 1 saturated carbocycles. The summed E-state index contributed by atoms with van der Waals surface area (Å²) in [7, 11) is 0. The molecule has 2 aliphatic heterocycles. The number of nitrogens with zero attached hydrogens (tertiary/aromatic N) is 3. The molecule has 1 aromatic heterocycles. The van der Waals surface area contributed by atoms with Crippen LogP contribution in [0.1, 0.15) is 61.1 Å². The fourth-order valence-corrected chi connectivity index (χ4v) is 10.0. The number of likely N-dealkylation sites (tertiary alicyclic amines) is 1. The van der Waals surface area contributed by atoms with Crippen molar-refractivity contribution in [3.8, 4) is 5.75 Å². The predicted octanol–water partition coefficient (Wildman–Crippen LogP) is 7.90. The van der Waals surface area contributed by atoms with E-state index in [1.54, 1.807) is 42.5 Å². The summed E-state index contributed by atoms with van der Waals surface area (Å²) in [5.74, 6) is -8.71. The Morgan fingerprint density at radius 3 is 2.38 bits per heavy atom. The highest BCUT2D eigenvalue weighted by molar-refractivity contribution is 6.33. The van der Waals surface area contributed by atoms with Crippen LogP contribution < -0.4 is 5.43 Å². The predicted molar refractivity (Wildman–Crippen MR) is 205 cm³/mol. The number of phenols is 1. The average molecular weight is 836 g/mol. The quantitative estimate of drug-likeness (QED) is 0.0821. The summed E-state index contributed by atoms with van der Waals surface area (Å²) in [6, 6.07) is 17.4. The molecule has 3 heterocycles. The third-order valence-electron chi connectivity index (χ3n) is 12.2. The molecule has 8 rings (SSSR count). The van der Waals surface area contributed by atoms with E-state index in [1.807, 2.05) is 18.2 Å². The lowest BCUT2D eigenvalue weighted by Crippen LogP contribution is -2.53. The second kappa shape index (κ2) is 14.7. The molecule has 0 radical (unpaired) electrons. The van der Waals surface area contributed by atoms with Crippen molar-refractivity contribution in [2.75, 3.05) is 12.0 Å². The van der Waals surface area contributed by atoms with E-state index in [-0.39, 0.29) is 37.5 Å². The highest BCUT2D eigenvalue weighted by Crippen LogP contribution is 2.65. The molecule has 58 heavy (non-hydrogen) atoms. The van der Waals surface area contributed by atoms with Crippen molar-refractivity contribution in [2.24, 2.45) is 23.7 Å². The number of carboxylic acids is 1. The van der Waals surface area contributed by atoms with Crippen LogP contribution in [0.5, 0.6) is 5.75 Å². The topological polar surface area (TPSA) is 157 Å². The minimum absolute atomic E-state index is 0.0403. The summed E-state index contributed by atoms with van der Waals surface area (Å²) < 4.78 is 40.6. The van der Waals surface area contributed by atoms with Crippen molar-refractivity contribution in [2.45, 2.75) is 56.0 Å². The zero-order valence-corrected chi connectivity index (χ0v) is 32.0. The van der Waals surface area contributed by atoms with Crippen LogP contribution >= 0.6 is 23.2 Å². The number of anilines is 1. The average Bonchev–Trinajstić information content (AvgIpc) is 3.55. The summed E-state index contributed by atoms with van der Waals surface area (Å²) in [5, 5.41) is 22.7. The Kier molecular flexibility index (Phi) is 9.99. The molecule has 2 saturated heterocycles. The molecule has 3 N–H and O–H groups in total. The molecule has 6 atom stereocenters. The van der Waals surface area contributed by atoms with Gasteiger partial charge in [-0.3, -0.25) is 34.3 Å². The summed E-state index contributed by atoms with van der Waals surface area (Å²) in [4.78, 5) is 74.9. The maximum absolute atomic E-state index is 15.5. The van der Waals surface area contributed by atoms with E-state index in [1.165, 1.54) is 11.0 Å². The lowest BCUT2D eigenvalue weighted by atomic mass is 9.48. The first-order valence-corrected chi connectivity index (χ1v) is 19.5. The number of carbonyl (C=O) groups excluding carboxylic acids is 4. The molecule has 3 fully saturated rings. The number of fused-ring (bicyclic) bond motifs is 5. The molecule has 0 spiro atoms. The standard InChI is InChI=1S/C42H35Cl2F3N4O7/c43-24-12-10-22(11-13-24)41-29(38(56)51(40(41)58)49-36-30(44)18-23(20-48-36)42(45,46)47)19-28-26(35(41)34-25-7-4-3-6-21(25)9-16-31(34)52)14-15-27-33(28)39(57)50(37(27)55)17-5-1-2-8-32(53)54/h3-4,6-7,9-14,16,18,20,27-29,33,35,52H,1-2,5,8,15,17,19H2,(H,48,49)(H,53,54)/t27-,28+,29-,33-,35+,41+/m0/s1. The number of nitrogens with one attached hydrogen (secondary N) is 1. The van der Waals surface area contributed by atoms with E-state index in [0.717, 1.165) is 0 Å². The van der Waals surface area contributed by atoms with Gasteiger partial charge in [-0.15, -0.1) is 0 Å². The van der Waals surface area contributed by atoms with E-state index >= 15 is 4.79 Å². The van der Waals surface area contributed by atoms with Crippen molar-refractivity contribution in [3.63, 3.8) is 0 Å². The molecule has 4 aromatic rings. The molecule has 300 valence electrons. The zero-order valence-electron chi connectivity index (χ0n) is 30.5. The van der Waals surface area contributed by atoms with Crippen LogP contribution in [0.2, 0.25) is 10.0 Å². The van der Waals surface area contributed by atoms with Crippen LogP contribution in [0.25, 0.3) is 10.8 Å². The molecule has 3 aromatic carbocycles. The number of carboxylic acid groups (broad SMARTS) is 1. The van der Waals surface area contributed by atoms with E-state index < -0.39 is 81.3 Å². The summed E-state index contributed by atoms with van der Waals surface area (Å²) >= 11 is 12.6. The summed E-state index contributed by atoms with van der Waals surface area (Å²) in [6.07, 6.45) is -1.13. The molecule has 16 heteroatoms. The normalized spacial score (nSPS) is 25.5. The number of hydrogen-bond acceptors (Lipinski definition) is 8. The van der Waals surface area contributed by atoms with Crippen LogP contribution in [0, 0.1) is 23.7 Å². The number of halogens is 5. The Bertz CT molecular complexity index is 2430. The van der Waals surface area contributed by atoms with Gasteiger partial charge in [-0.2, -0.15) is 18.2 Å². The van der Waals surface area contributed by atoms with Crippen molar-refractivity contribution in [1.29, 1.82) is 0 Å². The van der Waals surface area contributed by atoms with Crippen LogP contribution in [-0.2, 0) is 35.6 Å². The van der Waals surface area contributed by atoms with Gasteiger partial charge in [0.2, 0.25) is 11.8 Å². The molecular weight excluding hydrogens is 800 g/mol. The first-order valence-electron chi connectivity index (χ1n) is 18.8. The third-order valence-corrected chi connectivity index (χ3v) is 12.7. The maximum atomic E-state index is 15.5. The first kappa shape index (κ1) is 39.4. The Balaban J connectivity index is 1.29. The number of aromatic hydroxyl groups is 1. The van der Waals surface area contributed by atoms with Crippen molar-refractivity contribution in [3.05, 3.63) is 111 Å². The smallest absolute Gasteiger partial charge is 0.417 e. The van der Waals surface area contributed by atoms with Crippen LogP contribution in [0.15, 0.2) is 84.6 Å². The van der Waals surface area contributed by atoms with Crippen LogP contribution in [0.3, 0.4) is 0 Å². The van der Waals surface area contributed by atoms with E-state index in [4.69, 9.17) is 28.3 Å². The second-order valence-electron chi connectivity index (χ2n) is 15.2. The number of carbonyl (C=O) groups is 5. The van der Waals surface area contributed by atoms with Gasteiger partial charge in [-0.05, 0) is 72.2 Å². The van der Waals surface area contributed by atoms with Crippen molar-refractivity contribution < 1.29 is 47.4 Å². The van der Waals surface area contributed by atoms with Crippen LogP contribution in [0.4, 0.5) is 19.0 Å². The Labute approximate surface area is 339 Å². The Morgan fingerprint density at radius 2 is 1.67 bits per heavy atom. The number of hydrazine groups is 1. The van der Waals surface area contributed by atoms with Gasteiger partial charge in [0.25, 0.3) is 11.8 Å². The number of alkyl halides is 3. The lowest BCUT2D eigenvalue weighted by molar-refractivity contribution is -0.141. The number of hydrogen-bond donors (Lipinski definition) is 3. The van der Waals surface area contributed by atoms with E-state index in [2.05, 4.69) is 10.4 Å². The van der Waals surface area contributed by atoms with Crippen molar-refractivity contribution >= 4 is 69.4 Å². The minimum atomic E-state index is -4.77. The highest BCUT2D eigenvalue weighted by atomic mass is 35.5. The Hall–Kier alpha value is -5.47. The number of aromatic nitrogens is 1. The van der Waals surface area contributed by atoms with Gasteiger partial charge in [0.1, 0.15) is 5.75 Å². The fourth-order valence-electron chi connectivity index (χ4n) is 9.69. The first-order chi connectivity index (χ1) is 27.6. The molecule has 0 unspecified atom stereocenters. The number of phenolic OH excluding ortho intramolecular Hbond substituents is 1. The van der Waals surface area contributed by atoms with Gasteiger partial charge >= 0.3 is 12.1 Å². The molecular formula is C42H35Cl2F3N4O7. The SMILES string of the molecule is O=C(O)CCCCCN1C(=O)[C@H]2[C@H](CC=C3[C@H]2C[C@H]2C(=O)N(Nc4ncc(C(F)(F)F)cc4Cl)C(=O)[C@@]2(c2ccc(Cl)cc2)[C@H]3c2c(O)ccc3ccccc23)C1=O. The number of allylic oxidation sites excluding steroid dienone is 2. The number of unbranched alkanes of at least 4 members (excludes halogenated alkanes) is 2. The van der Waals surface area contributed by atoms with Crippen LogP contribution in [-0.4, -0.2) is 61.2 Å². The largest absolute Gasteiger partial charge is 0.508 e. The Morgan fingerprint density at radius 1 is 0.931 bits per heavy atom. The minimum Gasteiger partial charge on any atom is -0.508 e. The molecule has 0 bridgehead atoms. The van der Waals surface area contributed by atoms with Gasteiger partial charge in [-0.25, -0.2) is 4.98 Å². The van der Waals surface area contributed by atoms with Gasteiger partial charge in [0.15, 0.2) is 5.82 Å². The van der Waals surface area contributed by atoms with Gasteiger partial charge in [-0.1, -0.05) is 83.7 Å². The molecule has 4 aliphatic rings. The number of benzene rings is 3. The summed E-state index contributed by atoms with van der Waals surface area (Å²) in [5.41, 5.74) is 0.885. The van der Waals surface area contributed by atoms with E-state index in [9.17, 15) is 37.5 Å². The monoisotopic (exact) mass is 834 g/mol. The highest BCUT2D eigenvalue weighted by Gasteiger charge is 2.71. The molecule has 11 nitrogen and oxygen atoms in total. The second-order valence-corrected chi connectivity index (χ2v) is 16.0. The molecule has 2 aliphatic carbocycles. The van der Waals surface area contributed by atoms with Gasteiger partial charge in [0.05, 0.1) is 33.8 Å². The molecule has 4 amide bonds. The number of amides is 4.